The third-order valence-corrected chi connectivity index (χ3v) is 4.64. The van der Waals surface area contributed by atoms with E-state index in [0.29, 0.717) is 23.6 Å². The fourth-order valence-electron chi connectivity index (χ4n) is 3.29. The van der Waals surface area contributed by atoms with Gasteiger partial charge in [-0.3, -0.25) is 10.1 Å². The first-order valence-corrected chi connectivity index (χ1v) is 8.57. The number of esters is 1. The van der Waals surface area contributed by atoms with E-state index in [1.54, 1.807) is 31.7 Å². The highest BCUT2D eigenvalue weighted by Gasteiger charge is 2.40. The number of nitro groups is 1. The topological polar surface area (TPSA) is 119 Å². The summed E-state index contributed by atoms with van der Waals surface area (Å²) >= 11 is 0. The van der Waals surface area contributed by atoms with Crippen LogP contribution in [0.3, 0.4) is 0 Å². The van der Waals surface area contributed by atoms with Crippen LogP contribution in [0.4, 0.5) is 5.69 Å². The van der Waals surface area contributed by atoms with Gasteiger partial charge in [-0.05, 0) is 26.3 Å². The van der Waals surface area contributed by atoms with Crippen molar-refractivity contribution >= 4 is 17.6 Å². The number of aliphatic carboxylic acids is 1. The molecule has 0 unspecified atom stereocenters. The predicted molar refractivity (Wildman–Crippen MR) is 99.2 cm³/mol. The van der Waals surface area contributed by atoms with Crippen LogP contribution in [-0.4, -0.2) is 47.3 Å². The zero-order chi connectivity index (χ0) is 21.0. The van der Waals surface area contributed by atoms with Crippen molar-refractivity contribution in [2.75, 3.05) is 20.4 Å². The maximum absolute atomic E-state index is 12.6. The Morgan fingerprint density at radius 1 is 1.25 bits per heavy atom. The number of carboxylic acid groups (broad SMARTS) is 1. The minimum Gasteiger partial charge on any atom is -0.478 e. The van der Waals surface area contributed by atoms with Gasteiger partial charge in [0, 0.05) is 30.1 Å². The summed E-state index contributed by atoms with van der Waals surface area (Å²) in [7, 11) is 1.20. The molecule has 0 aromatic heterocycles. The second-order valence-corrected chi connectivity index (χ2v) is 6.13. The average molecular weight is 390 g/mol. The number of hydrogen-bond donors (Lipinski definition) is 1. The van der Waals surface area contributed by atoms with E-state index in [4.69, 9.17) is 9.47 Å². The summed E-state index contributed by atoms with van der Waals surface area (Å²) in [4.78, 5) is 36.9. The van der Waals surface area contributed by atoms with Crippen LogP contribution < -0.4 is 0 Å². The molecule has 0 amide bonds. The molecule has 0 saturated carbocycles. The lowest BCUT2D eigenvalue weighted by Gasteiger charge is -2.37. The van der Waals surface area contributed by atoms with Crippen molar-refractivity contribution in [3.05, 3.63) is 62.5 Å². The lowest BCUT2D eigenvalue weighted by atomic mass is 9.79. The summed E-state index contributed by atoms with van der Waals surface area (Å²) in [6.45, 7) is 5.55. The fraction of sp³-hybridized carbons (Fsp3) is 0.368. The lowest BCUT2D eigenvalue weighted by molar-refractivity contribution is -0.384. The monoisotopic (exact) mass is 390 g/mol. The molecule has 0 radical (unpaired) electrons. The van der Waals surface area contributed by atoms with Crippen molar-refractivity contribution in [1.82, 2.24) is 4.90 Å². The van der Waals surface area contributed by atoms with E-state index < -0.39 is 22.8 Å². The first kappa shape index (κ1) is 21.1. The van der Waals surface area contributed by atoms with E-state index >= 15 is 0 Å². The lowest BCUT2D eigenvalue weighted by Crippen LogP contribution is -2.35. The molecule has 1 N–H and O–H groups in total. The number of ether oxygens (including phenoxy) is 2. The first-order chi connectivity index (χ1) is 13.2. The molecule has 0 bridgehead atoms. The zero-order valence-electron chi connectivity index (χ0n) is 16.1. The Morgan fingerprint density at radius 2 is 1.89 bits per heavy atom. The van der Waals surface area contributed by atoms with Gasteiger partial charge < -0.3 is 19.5 Å². The van der Waals surface area contributed by atoms with Crippen LogP contribution >= 0.6 is 0 Å². The van der Waals surface area contributed by atoms with Gasteiger partial charge in [0.05, 0.1) is 29.1 Å². The van der Waals surface area contributed by atoms with Crippen LogP contribution in [0.5, 0.6) is 0 Å². The number of carbonyl (C=O) groups excluding carboxylic acids is 1. The highest BCUT2D eigenvalue weighted by Crippen LogP contribution is 2.42. The number of methoxy groups -OCH3 is 1. The maximum Gasteiger partial charge on any atom is 0.336 e. The molecule has 1 aliphatic heterocycles. The second kappa shape index (κ2) is 8.66. The minimum absolute atomic E-state index is 0.0626. The number of allylic oxidation sites excluding steroid dienone is 2. The minimum atomic E-state index is -1.23. The normalized spacial score (nSPS) is 17.0. The van der Waals surface area contributed by atoms with E-state index in [9.17, 15) is 24.8 Å². The van der Waals surface area contributed by atoms with Crippen molar-refractivity contribution in [2.24, 2.45) is 0 Å². The highest BCUT2D eigenvalue weighted by molar-refractivity contribution is 5.99. The number of carboxylic acids is 1. The Hall–Kier alpha value is -3.20. The highest BCUT2D eigenvalue weighted by atomic mass is 16.6. The molecule has 9 heteroatoms. The van der Waals surface area contributed by atoms with Crippen LogP contribution in [0.25, 0.3) is 0 Å². The van der Waals surface area contributed by atoms with Crippen molar-refractivity contribution < 1.29 is 29.1 Å². The Labute approximate surface area is 162 Å². The number of hydrogen-bond acceptors (Lipinski definition) is 7. The predicted octanol–water partition coefficient (Wildman–Crippen LogP) is 2.79. The van der Waals surface area contributed by atoms with Crippen LogP contribution in [0.1, 0.15) is 32.3 Å². The van der Waals surface area contributed by atoms with Gasteiger partial charge in [0.1, 0.15) is 6.73 Å². The van der Waals surface area contributed by atoms with Gasteiger partial charge in [-0.1, -0.05) is 12.1 Å². The molecule has 1 aliphatic rings. The summed E-state index contributed by atoms with van der Waals surface area (Å²) in [5.74, 6) is -2.95. The standard InChI is InChI=1S/C19H22N2O7/c1-5-28-10-20-11(2)15(18(22)23)17(16(12(20)3)19(24)27-4)13-7-6-8-14(9-13)21(25)26/h6-9,17H,5,10H2,1-4H3,(H,22,23)/t17-/m1/s1. The number of rotatable bonds is 7. The molecule has 2 rings (SSSR count). The molecule has 1 atom stereocenters. The van der Waals surface area contributed by atoms with Gasteiger partial charge in [-0.15, -0.1) is 0 Å². The van der Waals surface area contributed by atoms with Gasteiger partial charge in [0.15, 0.2) is 0 Å². The Balaban J connectivity index is 2.76. The third-order valence-electron chi connectivity index (χ3n) is 4.64. The number of nitro benzene ring substituents is 1. The summed E-state index contributed by atoms with van der Waals surface area (Å²) < 4.78 is 10.3. The largest absolute Gasteiger partial charge is 0.478 e. The van der Waals surface area contributed by atoms with E-state index in [1.807, 2.05) is 0 Å². The third kappa shape index (κ3) is 3.89. The summed E-state index contributed by atoms with van der Waals surface area (Å²) in [6, 6.07) is 5.59. The molecular formula is C19H22N2O7. The van der Waals surface area contributed by atoms with Gasteiger partial charge in [-0.2, -0.15) is 0 Å². The summed E-state index contributed by atoms with van der Waals surface area (Å²) in [5.41, 5.74) is 1.03. The number of benzene rings is 1. The van der Waals surface area contributed by atoms with Gasteiger partial charge in [-0.25, -0.2) is 9.59 Å². The van der Waals surface area contributed by atoms with Gasteiger partial charge in [0.2, 0.25) is 0 Å². The van der Waals surface area contributed by atoms with E-state index in [1.165, 1.54) is 25.3 Å². The van der Waals surface area contributed by atoms with E-state index in [-0.39, 0.29) is 23.6 Å². The van der Waals surface area contributed by atoms with Crippen LogP contribution in [0.2, 0.25) is 0 Å². The number of non-ortho nitro benzene ring substituents is 1. The molecule has 9 nitrogen and oxygen atoms in total. The Kier molecular flexibility index (Phi) is 6.53. The number of carbonyl (C=O) groups is 2. The molecule has 0 saturated heterocycles. The first-order valence-electron chi connectivity index (χ1n) is 8.57. The molecule has 0 fully saturated rings. The smallest absolute Gasteiger partial charge is 0.336 e. The summed E-state index contributed by atoms with van der Waals surface area (Å²) in [6.07, 6.45) is 0. The zero-order valence-corrected chi connectivity index (χ0v) is 16.1. The summed E-state index contributed by atoms with van der Waals surface area (Å²) in [5, 5.41) is 21.1. The fourth-order valence-corrected chi connectivity index (χ4v) is 3.29. The van der Waals surface area contributed by atoms with E-state index in [0.717, 1.165) is 0 Å². The molecule has 150 valence electrons. The Morgan fingerprint density at radius 3 is 2.43 bits per heavy atom. The van der Waals surface area contributed by atoms with Crippen LogP contribution in [0.15, 0.2) is 46.8 Å². The van der Waals surface area contributed by atoms with Gasteiger partial charge in [0.25, 0.3) is 5.69 Å². The molecular weight excluding hydrogens is 368 g/mol. The quantitative estimate of drug-likeness (QED) is 0.429. The molecule has 1 heterocycles. The number of nitrogens with zero attached hydrogens (tertiary/aromatic N) is 2. The molecule has 1 aromatic rings. The molecule has 0 spiro atoms. The second-order valence-electron chi connectivity index (χ2n) is 6.13. The molecule has 1 aromatic carbocycles. The van der Waals surface area contributed by atoms with Crippen molar-refractivity contribution in [3.63, 3.8) is 0 Å². The molecule has 0 aliphatic carbocycles. The van der Waals surface area contributed by atoms with Crippen LogP contribution in [0, 0.1) is 10.1 Å². The van der Waals surface area contributed by atoms with Crippen molar-refractivity contribution in [2.45, 2.75) is 26.7 Å². The van der Waals surface area contributed by atoms with Crippen molar-refractivity contribution in [3.8, 4) is 0 Å². The SMILES string of the molecule is CCOCN1C(C)=C(C(=O)O)[C@@H](c2cccc([N+](=O)[O-])c2)C(C(=O)OC)=C1C. The van der Waals surface area contributed by atoms with Crippen molar-refractivity contribution in [1.29, 1.82) is 0 Å². The molecule has 28 heavy (non-hydrogen) atoms. The van der Waals surface area contributed by atoms with Gasteiger partial charge >= 0.3 is 11.9 Å². The van der Waals surface area contributed by atoms with E-state index in [2.05, 4.69) is 0 Å². The Bertz CT molecular complexity index is 873. The average Bonchev–Trinajstić information content (AvgIpc) is 2.66. The maximum atomic E-state index is 12.6. The van der Waals surface area contributed by atoms with Crippen LogP contribution in [-0.2, 0) is 19.1 Å².